The van der Waals surface area contributed by atoms with Crippen molar-refractivity contribution in [1.82, 2.24) is 16.0 Å². The molecule has 9 aromatic heterocycles. The Kier molecular flexibility index (Phi) is 33.9. The van der Waals surface area contributed by atoms with Crippen molar-refractivity contribution in [2.24, 2.45) is 15.0 Å². The highest BCUT2D eigenvalue weighted by Gasteiger charge is 2.25. The third-order valence-corrected chi connectivity index (χ3v) is 29.0. The minimum Gasteiger partial charge on any atom is -0.506 e. The zero-order chi connectivity index (χ0) is 94.4. The van der Waals surface area contributed by atoms with Gasteiger partial charge in [0, 0.05) is 90.4 Å². The van der Waals surface area contributed by atoms with Gasteiger partial charge in [-0.25, -0.2) is 0 Å². The molecule has 0 fully saturated rings. The van der Waals surface area contributed by atoms with Crippen molar-refractivity contribution in [2.75, 3.05) is 19.6 Å². The third-order valence-electron chi connectivity index (χ3n) is 21.2. The van der Waals surface area contributed by atoms with Gasteiger partial charge in [0.05, 0.1) is 92.4 Å². The zero-order valence-electron chi connectivity index (χ0n) is 72.8. The third kappa shape index (κ3) is 26.6. The van der Waals surface area contributed by atoms with E-state index in [4.69, 9.17) is 36.5 Å². The van der Waals surface area contributed by atoms with Gasteiger partial charge in [-0.2, -0.15) is 0 Å². The maximum atomic E-state index is 12.9. The van der Waals surface area contributed by atoms with Crippen LogP contribution in [0, 0.1) is 0 Å². The summed E-state index contributed by atoms with van der Waals surface area (Å²) in [5.41, 5.74) is 11.6. The number of hydrogen-bond donors (Lipinski definition) is 6. The van der Waals surface area contributed by atoms with Crippen LogP contribution in [0.15, 0.2) is 280 Å². The number of thiophene rings is 6. The minimum absolute atomic E-state index is 0.0459. The molecule has 0 saturated heterocycles. The topological polar surface area (TPSA) is 327 Å². The summed E-state index contributed by atoms with van der Waals surface area (Å²) in [7, 11) is 0. The number of aliphatic imine (C=N–C) groups is 3. The van der Waals surface area contributed by atoms with Crippen molar-refractivity contribution in [1.29, 1.82) is 0 Å². The van der Waals surface area contributed by atoms with E-state index in [1.807, 2.05) is 83.6 Å². The number of benzene rings is 6. The molecule has 0 saturated carbocycles. The molecular weight excluding hydrogens is 1900 g/mol. The molecule has 0 spiro atoms. The Morgan fingerprint density at radius 2 is 0.662 bits per heavy atom. The molecule has 0 aliphatic heterocycles. The van der Waals surface area contributed by atoms with Crippen LogP contribution in [-0.4, -0.2) is 105 Å². The molecule has 30 heteroatoms. The van der Waals surface area contributed by atoms with Crippen LogP contribution in [0.4, 0.5) is 0 Å². The summed E-state index contributed by atoms with van der Waals surface area (Å²) in [5, 5.41) is 47.2. The lowest BCUT2D eigenvalue weighted by Crippen LogP contribution is -2.22. The standard InChI is InChI=1S/C37H36N2O5S2.C33H27BrN2O5S2.C33H26Cl2N2O5S2/c1-23(29-22-45-35(34(29)42)25-12-14-27(15-13-25)37(2,3)4)38-21-31(41)33-18-17-32(46-33)30(40)16-9-24-7-10-26(11-8-24)36(43)39-20-28-6-5-19-44-28;1-20(26-19-42-32(31(26)39)22-9-11-24(34)12-10-22)35-18-28(38)30-15-14-29(43-30)27(37)13-6-21-4-7-23(8-5-21)33(40)36-17-25-3-2-16-41-25;1-19(24-18-43-32(31(24)40)22-9-10-25(34)26(35)15-22)36-17-28(39)30-13-12-29(44-30)27(38)11-6-20-4-7-21(8-5-20)33(41)37-16-23-3-2-14-42-23/h5-8,10-15,17-19,22,42H,9,16,20-21H2,1-4H3,(H,39,43);2-5,7-12,14-16,19,39H,6,13,17-18H2,1H3,(H,36,40);2-5,7-10,12-15,18,40H,6,11,16-17H2,1H3,(H,37,41). The smallest absolute Gasteiger partial charge is 0.251 e. The predicted molar refractivity (Wildman–Crippen MR) is 535 cm³/mol. The van der Waals surface area contributed by atoms with Crippen molar-refractivity contribution >= 4 is 177 Å². The number of carbonyl (C=O) groups is 9. The molecule has 0 bridgehead atoms. The summed E-state index contributed by atoms with van der Waals surface area (Å²) in [6, 6.07) is 63.1. The largest absolute Gasteiger partial charge is 0.506 e. The molecule has 15 aromatic rings. The SMILES string of the molecule is CC(=NCC(=O)c1ccc(C(=O)CCc2ccc(C(=O)NCc3ccco3)cc2)s1)c1csc(-c2ccc(Br)cc2)c1O.CC(=NCC(=O)c1ccc(C(=O)CCc2ccc(C(=O)NCc3ccco3)cc2)s1)c1csc(-c2ccc(C(C)(C)C)cc2)c1O.CC(=NCC(=O)c1ccc(C(=O)CCc2ccc(C(=O)NCc3ccco3)cc2)s1)c1csc(-c2ccc(Cl)c(Cl)c2)c1O. The van der Waals surface area contributed by atoms with Gasteiger partial charge in [-0.15, -0.1) is 68.0 Å². The van der Waals surface area contributed by atoms with E-state index < -0.39 is 0 Å². The molecule has 678 valence electrons. The maximum absolute atomic E-state index is 12.9. The molecule has 133 heavy (non-hydrogen) atoms. The van der Waals surface area contributed by atoms with E-state index in [1.54, 1.807) is 172 Å². The number of carbonyl (C=O) groups excluding carboxylic acids is 9. The quantitative estimate of drug-likeness (QED) is 0.0157. The van der Waals surface area contributed by atoms with E-state index in [0.29, 0.717) is 151 Å². The molecule has 6 N–H and O–H groups in total. The first-order chi connectivity index (χ1) is 64.0. The molecule has 0 atom stereocenters. The van der Waals surface area contributed by atoms with Gasteiger partial charge in [-0.3, -0.25) is 58.1 Å². The van der Waals surface area contributed by atoms with Gasteiger partial charge in [0.1, 0.15) is 54.2 Å². The Balaban J connectivity index is 0.000000169. The maximum Gasteiger partial charge on any atom is 0.251 e. The molecule has 0 unspecified atom stereocenters. The average Bonchev–Trinajstić information content (AvgIpc) is 1.69. The summed E-state index contributed by atoms with van der Waals surface area (Å²) >= 11 is 23.2. The lowest BCUT2D eigenvalue weighted by Gasteiger charge is -2.19. The summed E-state index contributed by atoms with van der Waals surface area (Å²) in [6.07, 6.45) is 7.06. The molecule has 6 aromatic carbocycles. The Labute approximate surface area is 809 Å². The molecule has 0 aliphatic carbocycles. The second kappa shape index (κ2) is 46.1. The first-order valence-electron chi connectivity index (χ1n) is 41.9. The van der Waals surface area contributed by atoms with Crippen LogP contribution in [-0.2, 0) is 44.3 Å². The van der Waals surface area contributed by atoms with Crippen LogP contribution in [0.2, 0.25) is 10.0 Å². The van der Waals surface area contributed by atoms with E-state index in [0.717, 1.165) is 58.9 Å². The van der Waals surface area contributed by atoms with Gasteiger partial charge in [0.15, 0.2) is 34.7 Å². The molecule has 15 rings (SSSR count). The highest BCUT2D eigenvalue weighted by molar-refractivity contribution is 9.10. The molecule has 0 aliphatic rings. The fourth-order valence-electron chi connectivity index (χ4n) is 13.4. The second-order valence-corrected chi connectivity index (χ2v) is 39.2. The van der Waals surface area contributed by atoms with E-state index >= 15 is 0 Å². The Bertz CT molecular complexity index is 6750. The van der Waals surface area contributed by atoms with Crippen LogP contribution in [0.3, 0.4) is 0 Å². The number of halogens is 3. The zero-order valence-corrected chi connectivity index (χ0v) is 80.8. The number of nitrogens with zero attached hydrogens (tertiary/aromatic N) is 3. The molecule has 21 nitrogen and oxygen atoms in total. The number of nitrogens with one attached hydrogen (secondary N) is 3. The number of aromatic hydroxyl groups is 3. The van der Waals surface area contributed by atoms with Gasteiger partial charge in [0.2, 0.25) is 0 Å². The van der Waals surface area contributed by atoms with E-state index in [9.17, 15) is 58.5 Å². The summed E-state index contributed by atoms with van der Waals surface area (Å²) in [4.78, 5) is 133. The van der Waals surface area contributed by atoms with E-state index in [2.05, 4.69) is 79.8 Å². The van der Waals surface area contributed by atoms with E-state index in [1.165, 1.54) is 62.2 Å². The Morgan fingerprint density at radius 1 is 0.368 bits per heavy atom. The highest BCUT2D eigenvalue weighted by Crippen LogP contribution is 2.43. The van der Waals surface area contributed by atoms with Gasteiger partial charge >= 0.3 is 0 Å². The molecule has 9 heterocycles. The van der Waals surface area contributed by atoms with Crippen molar-refractivity contribution in [3.05, 3.63) is 364 Å². The monoisotopic (exact) mass is 1990 g/mol. The fourth-order valence-corrected chi connectivity index (χ4v) is 19.7. The van der Waals surface area contributed by atoms with Crippen LogP contribution in [0.5, 0.6) is 17.2 Å². The van der Waals surface area contributed by atoms with Crippen LogP contribution in [0.25, 0.3) is 31.3 Å². The summed E-state index contributed by atoms with van der Waals surface area (Å²) in [5.74, 6) is 1.04. The number of rotatable bonds is 36. The van der Waals surface area contributed by atoms with Gasteiger partial charge in [-0.05, 0) is 218 Å². The number of amides is 3. The first-order valence-corrected chi connectivity index (χ1v) is 48.6. The highest BCUT2D eigenvalue weighted by atomic mass is 79.9. The van der Waals surface area contributed by atoms with Crippen molar-refractivity contribution in [3.8, 4) is 48.6 Å². The van der Waals surface area contributed by atoms with Gasteiger partial charge in [0.25, 0.3) is 17.7 Å². The number of furan rings is 3. The Morgan fingerprint density at radius 3 is 0.955 bits per heavy atom. The lowest BCUT2D eigenvalue weighted by atomic mass is 9.86. The minimum atomic E-state index is -0.214. The second-order valence-electron chi connectivity index (χ2n) is 31.6. The van der Waals surface area contributed by atoms with Crippen LogP contribution >= 0.6 is 107 Å². The normalized spacial score (nSPS) is 11.6. The number of hydrogen-bond acceptors (Lipinski definition) is 24. The molecule has 3 amide bonds. The lowest BCUT2D eigenvalue weighted by molar-refractivity contribution is 0.0940. The van der Waals surface area contributed by atoms with Gasteiger partial charge < -0.3 is 44.5 Å². The molecule has 0 radical (unpaired) electrons. The number of Topliss-reactive ketones (excluding diaryl/α,β-unsaturated/α-hetero) is 6. The van der Waals surface area contributed by atoms with E-state index in [-0.39, 0.29) is 114 Å². The first kappa shape index (κ1) is 97.8. The summed E-state index contributed by atoms with van der Waals surface area (Å²) in [6.45, 7) is 12.4. The number of aryl methyl sites for hydroxylation is 3. The predicted octanol–water partition coefficient (Wildman–Crippen LogP) is 25.0. The van der Waals surface area contributed by atoms with Crippen LogP contribution in [0.1, 0.15) is 206 Å². The average molecular weight is 1990 g/mol. The van der Waals surface area contributed by atoms with Crippen LogP contribution < -0.4 is 16.0 Å². The van der Waals surface area contributed by atoms with Gasteiger partial charge in [-0.1, -0.05) is 139 Å². The number of ketones is 6. The molecular formula is C103H89BrCl2N6O15S6. The Hall–Kier alpha value is -12.7. The van der Waals surface area contributed by atoms with Crippen molar-refractivity contribution in [3.63, 3.8) is 0 Å². The fraction of sp³-hybridized carbons (Fsp3) is 0.184. The summed E-state index contributed by atoms with van der Waals surface area (Å²) < 4.78 is 16.6. The van der Waals surface area contributed by atoms with Crippen molar-refractivity contribution in [2.45, 2.75) is 105 Å². The van der Waals surface area contributed by atoms with Crippen molar-refractivity contribution < 1.29 is 71.7 Å².